The van der Waals surface area contributed by atoms with E-state index in [0.29, 0.717) is 17.5 Å². The van der Waals surface area contributed by atoms with Crippen molar-refractivity contribution in [3.05, 3.63) is 23.7 Å². The number of alkyl halides is 2. The average molecular weight is 305 g/mol. The first-order valence-corrected chi connectivity index (χ1v) is 7.55. The first-order chi connectivity index (χ1) is 9.60. The van der Waals surface area contributed by atoms with E-state index in [0.717, 1.165) is 19.3 Å². The van der Waals surface area contributed by atoms with Gasteiger partial charge in [0.05, 0.1) is 5.75 Å². The Bertz CT molecular complexity index is 453. The van der Waals surface area contributed by atoms with Gasteiger partial charge >= 0.3 is 0 Å². The van der Waals surface area contributed by atoms with Gasteiger partial charge in [-0.25, -0.2) is 0 Å². The third kappa shape index (κ3) is 3.96. The van der Waals surface area contributed by atoms with Gasteiger partial charge in [-0.15, -0.1) is 0 Å². The highest BCUT2D eigenvalue weighted by atomic mass is 32.2. The molecule has 0 radical (unpaired) electrons. The Morgan fingerprint density at radius 1 is 1.50 bits per heavy atom. The fraction of sp³-hybridized carbons (Fsp3) is 0.615. The van der Waals surface area contributed by atoms with Gasteiger partial charge in [0.25, 0.3) is 11.7 Å². The summed E-state index contributed by atoms with van der Waals surface area (Å²) >= 11 is 0.454. The molecule has 1 aliphatic rings. The van der Waals surface area contributed by atoms with Gasteiger partial charge < -0.3 is 14.8 Å². The largest absolute Gasteiger partial charge is 0.455 e. The maximum absolute atomic E-state index is 12.1. The minimum Gasteiger partial charge on any atom is -0.455 e. The maximum Gasteiger partial charge on any atom is 0.287 e. The van der Waals surface area contributed by atoms with Gasteiger partial charge in [0, 0.05) is 18.6 Å². The lowest BCUT2D eigenvalue weighted by Gasteiger charge is -2.18. The normalized spacial score (nSPS) is 22.4. The molecule has 0 saturated heterocycles. The van der Waals surface area contributed by atoms with Crippen molar-refractivity contribution in [2.24, 2.45) is 5.92 Å². The minimum atomic E-state index is -2.46. The predicted molar refractivity (Wildman–Crippen MR) is 71.7 cm³/mol. The number of thioether (sulfide) groups is 1. The van der Waals surface area contributed by atoms with Crippen LogP contribution in [-0.4, -0.2) is 29.4 Å². The molecule has 0 spiro atoms. The maximum atomic E-state index is 12.1. The summed E-state index contributed by atoms with van der Waals surface area (Å²) in [6, 6.07) is 2.97. The second-order valence-corrected chi connectivity index (χ2v) is 5.77. The molecule has 20 heavy (non-hydrogen) atoms. The molecule has 1 amide bonds. The molecule has 0 aromatic carbocycles. The zero-order chi connectivity index (χ0) is 14.5. The van der Waals surface area contributed by atoms with Gasteiger partial charge in [-0.3, -0.25) is 4.79 Å². The summed E-state index contributed by atoms with van der Waals surface area (Å²) in [5.74, 6) is -2.22. The van der Waals surface area contributed by atoms with E-state index in [2.05, 4.69) is 5.32 Å². The minimum absolute atomic E-state index is 0.0354. The summed E-state index contributed by atoms with van der Waals surface area (Å²) in [5, 5.41) is 12.0. The van der Waals surface area contributed by atoms with Crippen LogP contribution in [0.3, 0.4) is 0 Å². The number of rotatable bonds is 6. The molecule has 2 rings (SSSR count). The summed E-state index contributed by atoms with van der Waals surface area (Å²) in [6.45, 7) is 0.0549. The van der Waals surface area contributed by atoms with Crippen LogP contribution in [0.4, 0.5) is 8.78 Å². The van der Waals surface area contributed by atoms with Gasteiger partial charge in [-0.05, 0) is 25.0 Å². The molecule has 2 atom stereocenters. The first-order valence-electron chi connectivity index (χ1n) is 6.50. The molecule has 1 aromatic rings. The van der Waals surface area contributed by atoms with Gasteiger partial charge in [0.15, 0.2) is 5.76 Å². The Hall–Kier alpha value is -1.08. The van der Waals surface area contributed by atoms with Crippen LogP contribution < -0.4 is 5.32 Å². The topological polar surface area (TPSA) is 62.5 Å². The fourth-order valence-electron chi connectivity index (χ4n) is 2.41. The van der Waals surface area contributed by atoms with Crippen molar-refractivity contribution in [2.75, 3.05) is 6.61 Å². The zero-order valence-corrected chi connectivity index (χ0v) is 11.7. The highest BCUT2D eigenvalue weighted by Crippen LogP contribution is 2.26. The highest BCUT2D eigenvalue weighted by Gasteiger charge is 2.28. The van der Waals surface area contributed by atoms with Crippen LogP contribution in [0, 0.1) is 5.92 Å². The quantitative estimate of drug-likeness (QED) is 0.848. The average Bonchev–Trinajstić information content (AvgIpc) is 3.04. The van der Waals surface area contributed by atoms with E-state index in [4.69, 9.17) is 4.42 Å². The number of aliphatic hydroxyl groups is 1. The highest BCUT2D eigenvalue weighted by molar-refractivity contribution is 7.98. The molecule has 1 heterocycles. The molecule has 7 heteroatoms. The van der Waals surface area contributed by atoms with E-state index in [1.165, 1.54) is 12.1 Å². The number of aliphatic hydroxyl groups excluding tert-OH is 1. The van der Waals surface area contributed by atoms with Crippen molar-refractivity contribution < 1.29 is 23.1 Å². The van der Waals surface area contributed by atoms with Crippen molar-refractivity contribution in [1.29, 1.82) is 0 Å². The monoisotopic (exact) mass is 305 g/mol. The van der Waals surface area contributed by atoms with Crippen LogP contribution in [0.5, 0.6) is 0 Å². The molecule has 0 bridgehead atoms. The van der Waals surface area contributed by atoms with Crippen LogP contribution in [0.25, 0.3) is 0 Å². The SMILES string of the molecule is O=C(NC1CCCC1CO)c1ccc(CSC(F)F)o1. The Morgan fingerprint density at radius 2 is 2.30 bits per heavy atom. The lowest BCUT2D eigenvalue weighted by atomic mass is 10.1. The third-order valence-electron chi connectivity index (χ3n) is 3.45. The van der Waals surface area contributed by atoms with Crippen LogP contribution in [-0.2, 0) is 5.75 Å². The van der Waals surface area contributed by atoms with Crippen LogP contribution in [0.1, 0.15) is 35.6 Å². The number of halogens is 2. The molecular weight excluding hydrogens is 288 g/mol. The molecule has 2 unspecified atom stereocenters. The number of furan rings is 1. The van der Waals surface area contributed by atoms with Crippen molar-refractivity contribution in [2.45, 2.75) is 36.8 Å². The van der Waals surface area contributed by atoms with E-state index in [9.17, 15) is 18.7 Å². The third-order valence-corrected chi connectivity index (χ3v) is 4.15. The van der Waals surface area contributed by atoms with Crippen molar-refractivity contribution >= 4 is 17.7 Å². The van der Waals surface area contributed by atoms with Gasteiger partial charge in [-0.1, -0.05) is 18.2 Å². The van der Waals surface area contributed by atoms with Crippen molar-refractivity contribution in [3.63, 3.8) is 0 Å². The molecule has 1 saturated carbocycles. The van der Waals surface area contributed by atoms with Gasteiger partial charge in [0.1, 0.15) is 5.76 Å². The summed E-state index contributed by atoms with van der Waals surface area (Å²) in [6.07, 6.45) is 2.71. The Labute approximate surface area is 119 Å². The van der Waals surface area contributed by atoms with E-state index < -0.39 is 5.76 Å². The van der Waals surface area contributed by atoms with Crippen LogP contribution >= 0.6 is 11.8 Å². The van der Waals surface area contributed by atoms with E-state index in [-0.39, 0.29) is 36.0 Å². The second kappa shape index (κ2) is 7.08. The summed E-state index contributed by atoms with van der Waals surface area (Å²) < 4.78 is 29.4. The molecule has 112 valence electrons. The number of hydrogen-bond donors (Lipinski definition) is 2. The van der Waals surface area contributed by atoms with Crippen molar-refractivity contribution in [3.8, 4) is 0 Å². The lowest BCUT2D eigenvalue weighted by molar-refractivity contribution is 0.0886. The molecule has 1 aliphatic carbocycles. The molecule has 1 fully saturated rings. The van der Waals surface area contributed by atoms with E-state index in [1.807, 2.05) is 0 Å². The lowest BCUT2D eigenvalue weighted by Crippen LogP contribution is -2.38. The Balaban J connectivity index is 1.89. The van der Waals surface area contributed by atoms with Gasteiger partial charge in [-0.2, -0.15) is 8.78 Å². The Morgan fingerprint density at radius 3 is 3.00 bits per heavy atom. The summed E-state index contributed by atoms with van der Waals surface area (Å²) in [7, 11) is 0. The van der Waals surface area contributed by atoms with E-state index >= 15 is 0 Å². The fourth-order valence-corrected chi connectivity index (χ4v) is 2.85. The molecule has 2 N–H and O–H groups in total. The molecular formula is C13H17F2NO3S. The smallest absolute Gasteiger partial charge is 0.287 e. The Kier molecular flexibility index (Phi) is 5.42. The molecule has 4 nitrogen and oxygen atoms in total. The number of carbonyl (C=O) groups is 1. The number of nitrogens with one attached hydrogen (secondary N) is 1. The zero-order valence-electron chi connectivity index (χ0n) is 10.9. The number of hydrogen-bond acceptors (Lipinski definition) is 4. The van der Waals surface area contributed by atoms with Crippen molar-refractivity contribution in [1.82, 2.24) is 5.32 Å². The first kappa shape index (κ1) is 15.3. The molecule has 1 aromatic heterocycles. The number of amides is 1. The number of carbonyl (C=O) groups excluding carboxylic acids is 1. The standard InChI is InChI=1S/C13H17F2NO3S/c14-13(15)20-7-9-4-5-11(19-9)12(18)16-10-3-1-2-8(10)6-17/h4-5,8,10,13,17H,1-3,6-7H2,(H,16,18). The predicted octanol–water partition coefficient (Wildman–Crippen LogP) is 2.63. The molecule has 0 aliphatic heterocycles. The van der Waals surface area contributed by atoms with Crippen LogP contribution in [0.2, 0.25) is 0 Å². The van der Waals surface area contributed by atoms with Crippen LogP contribution in [0.15, 0.2) is 16.5 Å². The second-order valence-electron chi connectivity index (χ2n) is 4.79. The summed E-state index contributed by atoms with van der Waals surface area (Å²) in [5.41, 5.74) is 0. The van der Waals surface area contributed by atoms with E-state index in [1.54, 1.807) is 0 Å². The van der Waals surface area contributed by atoms with Gasteiger partial charge in [0.2, 0.25) is 0 Å². The summed E-state index contributed by atoms with van der Waals surface area (Å²) in [4.78, 5) is 12.0.